The van der Waals surface area contributed by atoms with Crippen molar-refractivity contribution >= 4 is 27.6 Å². The second-order valence-electron chi connectivity index (χ2n) is 10.4. The smallest absolute Gasteiger partial charge is 0.355 e. The fourth-order valence-electron chi connectivity index (χ4n) is 6.09. The summed E-state index contributed by atoms with van der Waals surface area (Å²) in [6, 6.07) is 16.6. The van der Waals surface area contributed by atoms with Gasteiger partial charge in [0.1, 0.15) is 17.3 Å². The normalized spacial score (nSPS) is 13.4. The van der Waals surface area contributed by atoms with Gasteiger partial charge in [0.25, 0.3) is 0 Å². The maximum atomic E-state index is 13.7. The van der Waals surface area contributed by atoms with Crippen LogP contribution in [0.25, 0.3) is 32.8 Å². The predicted molar refractivity (Wildman–Crippen MR) is 157 cm³/mol. The molecule has 0 aliphatic carbocycles. The molecule has 212 valence electrons. The number of benzene rings is 3. The van der Waals surface area contributed by atoms with Crippen molar-refractivity contribution in [2.45, 2.75) is 46.3 Å². The molecule has 0 unspecified atom stereocenters. The molecule has 3 heterocycles. The number of fused-ring (bicyclic) bond motifs is 3. The van der Waals surface area contributed by atoms with Crippen molar-refractivity contribution in [1.82, 2.24) is 14.3 Å². The minimum atomic E-state index is -0.317. The van der Waals surface area contributed by atoms with Gasteiger partial charge in [0.15, 0.2) is 0 Å². The molecule has 0 saturated carbocycles. The van der Waals surface area contributed by atoms with E-state index in [-0.39, 0.29) is 11.8 Å². The number of para-hydroxylation sites is 1. The molecule has 1 aliphatic rings. The average molecular weight is 556 g/mol. The van der Waals surface area contributed by atoms with Gasteiger partial charge in [0.2, 0.25) is 0 Å². The summed E-state index contributed by atoms with van der Waals surface area (Å²) in [5.41, 5.74) is 6.63. The molecule has 0 atom stereocenters. The highest BCUT2D eigenvalue weighted by atomic mass is 19.1. The van der Waals surface area contributed by atoms with Gasteiger partial charge in [-0.15, -0.1) is 0 Å². The molecular weight excluding hydrogens is 521 g/mol. The Morgan fingerprint density at radius 3 is 2.83 bits per heavy atom. The number of esters is 1. The third-order valence-electron chi connectivity index (χ3n) is 7.81. The van der Waals surface area contributed by atoms with Gasteiger partial charge in [-0.25, -0.2) is 9.18 Å². The largest absolute Gasteiger partial charge is 0.493 e. The lowest BCUT2D eigenvalue weighted by Crippen LogP contribution is -2.16. The third-order valence-corrected chi connectivity index (χ3v) is 7.81. The molecule has 0 fully saturated rings. The molecular formula is C33H34FN3O4. The highest BCUT2D eigenvalue weighted by Gasteiger charge is 2.28. The van der Waals surface area contributed by atoms with Crippen molar-refractivity contribution in [1.29, 1.82) is 0 Å². The summed E-state index contributed by atoms with van der Waals surface area (Å²) in [4.78, 5) is 13.5. The molecule has 41 heavy (non-hydrogen) atoms. The zero-order valence-electron chi connectivity index (χ0n) is 23.7. The van der Waals surface area contributed by atoms with E-state index < -0.39 is 0 Å². The molecule has 3 aromatic carbocycles. The van der Waals surface area contributed by atoms with E-state index in [4.69, 9.17) is 19.3 Å². The maximum Gasteiger partial charge on any atom is 0.355 e. The van der Waals surface area contributed by atoms with Crippen LogP contribution in [0.1, 0.15) is 47.2 Å². The van der Waals surface area contributed by atoms with Gasteiger partial charge in [-0.3, -0.25) is 4.68 Å². The van der Waals surface area contributed by atoms with Crippen molar-refractivity contribution in [3.05, 3.63) is 83.1 Å². The fourth-order valence-corrected chi connectivity index (χ4v) is 6.09. The molecule has 1 aliphatic heterocycles. The van der Waals surface area contributed by atoms with E-state index in [1.807, 2.05) is 43.8 Å². The Bertz CT molecular complexity index is 1750. The van der Waals surface area contributed by atoms with Crippen LogP contribution in [-0.4, -0.2) is 40.1 Å². The van der Waals surface area contributed by atoms with Crippen LogP contribution in [0, 0.1) is 12.7 Å². The third kappa shape index (κ3) is 4.97. The van der Waals surface area contributed by atoms with E-state index in [9.17, 15) is 9.18 Å². The van der Waals surface area contributed by atoms with Crippen LogP contribution in [0.2, 0.25) is 0 Å². The molecule has 0 N–H and O–H groups in total. The van der Waals surface area contributed by atoms with E-state index in [0.717, 1.165) is 61.9 Å². The quantitative estimate of drug-likeness (QED) is 0.164. The molecule has 5 aromatic rings. The van der Waals surface area contributed by atoms with E-state index in [0.29, 0.717) is 51.5 Å². The van der Waals surface area contributed by atoms with Crippen molar-refractivity contribution < 1.29 is 23.4 Å². The van der Waals surface area contributed by atoms with Crippen LogP contribution in [0.5, 0.6) is 5.75 Å². The van der Waals surface area contributed by atoms with E-state index >= 15 is 0 Å². The molecule has 6 rings (SSSR count). The molecule has 7 nitrogen and oxygen atoms in total. The number of hydrogen-bond donors (Lipinski definition) is 0. The summed E-state index contributed by atoms with van der Waals surface area (Å²) in [7, 11) is 1.95. The lowest BCUT2D eigenvalue weighted by Gasteiger charge is -2.16. The Morgan fingerprint density at radius 2 is 1.98 bits per heavy atom. The SMILES string of the molecule is CCOC(=O)c1c(CCCOc2cccc3cc(F)ccc23)c2cccc3c2n1CCCOCc1c-3c(C)nn1C. The molecule has 0 radical (unpaired) electrons. The maximum absolute atomic E-state index is 13.7. The van der Waals surface area contributed by atoms with E-state index in [1.165, 1.54) is 12.1 Å². The molecule has 0 saturated heterocycles. The van der Waals surface area contributed by atoms with Crippen LogP contribution in [0.3, 0.4) is 0 Å². The average Bonchev–Trinajstić information content (AvgIpc) is 3.43. The van der Waals surface area contributed by atoms with Gasteiger partial charge in [-0.05, 0) is 68.3 Å². The first kappa shape index (κ1) is 27.0. The number of ether oxygens (including phenoxy) is 3. The first-order valence-electron chi connectivity index (χ1n) is 14.2. The Morgan fingerprint density at radius 1 is 1.12 bits per heavy atom. The Hall–Kier alpha value is -4.17. The second-order valence-corrected chi connectivity index (χ2v) is 10.4. The molecule has 2 aromatic heterocycles. The lowest BCUT2D eigenvalue weighted by molar-refractivity contribution is 0.0511. The number of hydrogen-bond acceptors (Lipinski definition) is 5. The highest BCUT2D eigenvalue weighted by Crippen LogP contribution is 2.39. The summed E-state index contributed by atoms with van der Waals surface area (Å²) < 4.78 is 35.5. The molecule has 0 bridgehead atoms. The summed E-state index contributed by atoms with van der Waals surface area (Å²) in [5.74, 6) is 0.131. The first-order chi connectivity index (χ1) is 20.0. The van der Waals surface area contributed by atoms with E-state index in [1.54, 1.807) is 6.07 Å². The number of aromatic nitrogens is 3. The van der Waals surface area contributed by atoms with E-state index in [2.05, 4.69) is 22.8 Å². The fraction of sp³-hybridized carbons (Fsp3) is 0.333. The zero-order valence-corrected chi connectivity index (χ0v) is 23.7. The highest BCUT2D eigenvalue weighted by molar-refractivity contribution is 6.05. The Labute approximate surface area is 238 Å². The van der Waals surface area contributed by atoms with Gasteiger partial charge < -0.3 is 18.8 Å². The van der Waals surface area contributed by atoms with Crippen LogP contribution < -0.4 is 4.74 Å². The second kappa shape index (κ2) is 11.4. The van der Waals surface area contributed by atoms with Gasteiger partial charge in [0.05, 0.1) is 36.7 Å². The van der Waals surface area contributed by atoms with Gasteiger partial charge in [-0.2, -0.15) is 5.10 Å². The number of rotatable bonds is 7. The molecule has 0 amide bonds. The van der Waals surface area contributed by atoms with Crippen LogP contribution in [0.4, 0.5) is 4.39 Å². The Kier molecular flexibility index (Phi) is 7.49. The van der Waals surface area contributed by atoms with Crippen LogP contribution in [0.15, 0.2) is 54.6 Å². The van der Waals surface area contributed by atoms with Crippen LogP contribution >= 0.6 is 0 Å². The number of carbonyl (C=O) groups is 1. The summed E-state index contributed by atoms with van der Waals surface area (Å²) in [6.45, 7) is 6.29. The van der Waals surface area contributed by atoms with Crippen molar-refractivity contribution in [3.63, 3.8) is 0 Å². The first-order valence-corrected chi connectivity index (χ1v) is 14.2. The van der Waals surface area contributed by atoms with Crippen molar-refractivity contribution in [2.75, 3.05) is 19.8 Å². The Balaban J connectivity index is 1.40. The summed E-state index contributed by atoms with van der Waals surface area (Å²) in [5, 5.41) is 7.42. The lowest BCUT2D eigenvalue weighted by atomic mass is 9.98. The van der Waals surface area contributed by atoms with Crippen LogP contribution in [-0.2, 0) is 36.1 Å². The standard InChI is InChI=1S/C33H34FN3O4/c1-4-40-33(38)32-26(12-7-18-41-29-13-5-9-22-19-23(34)14-15-24(22)29)25-10-6-11-27-30-21(2)35-36(3)28(30)20-39-17-8-16-37(32)31(25)27/h5-6,9-11,13-15,19H,4,7-8,12,16-18,20H2,1-3H3. The van der Waals surface area contributed by atoms with Gasteiger partial charge >= 0.3 is 5.97 Å². The number of nitrogens with zero attached hydrogens (tertiary/aromatic N) is 3. The van der Waals surface area contributed by atoms with Crippen molar-refractivity contribution in [2.24, 2.45) is 7.05 Å². The predicted octanol–water partition coefficient (Wildman–Crippen LogP) is 6.75. The minimum Gasteiger partial charge on any atom is -0.493 e. The minimum absolute atomic E-state index is 0.271. The number of aryl methyl sites for hydroxylation is 4. The topological polar surface area (TPSA) is 67.5 Å². The summed E-state index contributed by atoms with van der Waals surface area (Å²) >= 11 is 0. The molecule has 8 heteroatoms. The molecule has 0 spiro atoms. The van der Waals surface area contributed by atoms with Gasteiger partial charge in [0, 0.05) is 42.1 Å². The van der Waals surface area contributed by atoms with Crippen molar-refractivity contribution in [3.8, 4) is 16.9 Å². The summed E-state index contributed by atoms with van der Waals surface area (Å²) in [6.07, 6.45) is 2.09. The zero-order chi connectivity index (χ0) is 28.5. The number of halogens is 1. The number of carbonyl (C=O) groups excluding carboxylic acids is 1. The monoisotopic (exact) mass is 555 g/mol. The van der Waals surface area contributed by atoms with Gasteiger partial charge in [-0.1, -0.05) is 30.3 Å².